The van der Waals surface area contributed by atoms with Crippen LogP contribution >= 0.6 is 35.0 Å². The summed E-state index contributed by atoms with van der Waals surface area (Å²) in [6, 6.07) is 12.1. The van der Waals surface area contributed by atoms with Crippen LogP contribution in [0.3, 0.4) is 0 Å². The topological polar surface area (TPSA) is 39.9 Å². The average Bonchev–Trinajstić information content (AvgIpc) is 3.15. The first kappa shape index (κ1) is 21.3. The van der Waals surface area contributed by atoms with E-state index in [-0.39, 0.29) is 0 Å². The van der Waals surface area contributed by atoms with E-state index in [1.54, 1.807) is 11.8 Å². The van der Waals surface area contributed by atoms with Crippen molar-refractivity contribution in [2.75, 3.05) is 0 Å². The van der Waals surface area contributed by atoms with Gasteiger partial charge in [-0.05, 0) is 66.6 Å². The summed E-state index contributed by atoms with van der Waals surface area (Å²) in [5, 5.41) is 10.7. The Morgan fingerprint density at radius 1 is 1.03 bits per heavy atom. The van der Waals surface area contributed by atoms with Crippen molar-refractivity contribution >= 4 is 35.0 Å². The number of nitrogens with zero attached hydrogens (tertiary/aromatic N) is 3. The summed E-state index contributed by atoms with van der Waals surface area (Å²) in [6.07, 6.45) is 6.68. The van der Waals surface area contributed by atoms with Crippen molar-refractivity contribution in [2.24, 2.45) is 0 Å². The van der Waals surface area contributed by atoms with Crippen molar-refractivity contribution in [1.82, 2.24) is 14.8 Å². The highest BCUT2D eigenvalue weighted by Gasteiger charge is 2.14. The predicted octanol–water partition coefficient (Wildman–Crippen LogP) is 6.52. The second-order valence-electron chi connectivity index (χ2n) is 7.26. The first-order valence-electron chi connectivity index (χ1n) is 9.98. The normalized spacial score (nSPS) is 13.1. The van der Waals surface area contributed by atoms with E-state index in [0.29, 0.717) is 23.2 Å². The Hall–Kier alpha value is -1.95. The number of aryl methyl sites for hydroxylation is 2. The molecule has 0 saturated heterocycles. The molecule has 0 saturated carbocycles. The number of thioether (sulfide) groups is 1. The Morgan fingerprint density at radius 3 is 2.67 bits per heavy atom. The highest BCUT2D eigenvalue weighted by atomic mass is 35.5. The highest BCUT2D eigenvalue weighted by Crippen LogP contribution is 2.28. The quantitative estimate of drug-likeness (QED) is 0.283. The maximum Gasteiger partial charge on any atom is 0.191 e. The molecular formula is C23H23Cl2N3OS. The van der Waals surface area contributed by atoms with E-state index in [4.69, 9.17) is 27.9 Å². The van der Waals surface area contributed by atoms with Crippen LogP contribution in [-0.2, 0) is 31.7 Å². The van der Waals surface area contributed by atoms with E-state index in [1.807, 2.05) is 28.8 Å². The fraction of sp³-hybridized carbons (Fsp3) is 0.304. The molecule has 0 atom stereocenters. The van der Waals surface area contributed by atoms with Crippen LogP contribution < -0.4 is 4.74 Å². The predicted molar refractivity (Wildman–Crippen MR) is 124 cm³/mol. The Morgan fingerprint density at radius 2 is 1.87 bits per heavy atom. The molecule has 1 aromatic heterocycles. The van der Waals surface area contributed by atoms with Crippen LogP contribution in [0.4, 0.5) is 0 Å². The molecule has 0 radical (unpaired) electrons. The van der Waals surface area contributed by atoms with Crippen molar-refractivity contribution in [3.8, 4) is 5.75 Å². The van der Waals surface area contributed by atoms with Crippen molar-refractivity contribution in [3.63, 3.8) is 0 Å². The van der Waals surface area contributed by atoms with E-state index in [0.717, 1.165) is 34.5 Å². The van der Waals surface area contributed by atoms with Crippen LogP contribution in [0.25, 0.3) is 0 Å². The van der Waals surface area contributed by atoms with Gasteiger partial charge in [-0.1, -0.05) is 53.2 Å². The summed E-state index contributed by atoms with van der Waals surface area (Å²) in [5.41, 5.74) is 3.93. The number of halogens is 2. The maximum absolute atomic E-state index is 6.12. The third kappa shape index (κ3) is 5.02. The third-order valence-electron chi connectivity index (χ3n) is 5.14. The Balaban J connectivity index is 1.44. The zero-order chi connectivity index (χ0) is 20.9. The largest absolute Gasteiger partial charge is 0.486 e. The van der Waals surface area contributed by atoms with Crippen LogP contribution in [0.2, 0.25) is 10.0 Å². The zero-order valence-electron chi connectivity index (χ0n) is 16.6. The van der Waals surface area contributed by atoms with Gasteiger partial charge in [0.1, 0.15) is 12.4 Å². The Labute approximate surface area is 191 Å². The molecule has 0 bridgehead atoms. The Bertz CT molecular complexity index is 1050. The summed E-state index contributed by atoms with van der Waals surface area (Å²) in [7, 11) is 0. The molecule has 0 fully saturated rings. The summed E-state index contributed by atoms with van der Waals surface area (Å²) >= 11 is 13.7. The minimum atomic E-state index is 0.368. The minimum Gasteiger partial charge on any atom is -0.486 e. The third-order valence-corrected chi connectivity index (χ3v) is 6.92. The van der Waals surface area contributed by atoms with Gasteiger partial charge in [-0.2, -0.15) is 0 Å². The average molecular weight is 460 g/mol. The lowest BCUT2D eigenvalue weighted by Crippen LogP contribution is -2.08. The summed E-state index contributed by atoms with van der Waals surface area (Å²) in [6.45, 7) is 4.86. The van der Waals surface area contributed by atoms with E-state index in [2.05, 4.69) is 35.0 Å². The van der Waals surface area contributed by atoms with Gasteiger partial charge in [0.2, 0.25) is 0 Å². The Kier molecular flexibility index (Phi) is 7.03. The standard InChI is InChI=1S/C23H23Cl2N3OS/c1-2-11-28-22(14-29-19-9-8-17-5-3-4-6-18(17)13-19)26-27-23(28)30-15-16-7-10-20(24)21(25)12-16/h2,7-10,12-13H,1,3-6,11,14-15H2. The van der Waals surface area contributed by atoms with Gasteiger partial charge in [-0.3, -0.25) is 4.57 Å². The van der Waals surface area contributed by atoms with Crippen LogP contribution in [0.1, 0.15) is 35.4 Å². The lowest BCUT2D eigenvalue weighted by Gasteiger charge is -2.16. The van der Waals surface area contributed by atoms with Gasteiger partial charge >= 0.3 is 0 Å². The van der Waals surface area contributed by atoms with Crippen molar-refractivity contribution in [3.05, 3.63) is 81.6 Å². The minimum absolute atomic E-state index is 0.368. The first-order chi connectivity index (χ1) is 14.6. The van der Waals surface area contributed by atoms with Gasteiger partial charge < -0.3 is 4.74 Å². The molecule has 4 nitrogen and oxygen atoms in total. The zero-order valence-corrected chi connectivity index (χ0v) is 18.9. The number of aromatic nitrogens is 3. The molecule has 2 aromatic carbocycles. The second kappa shape index (κ2) is 9.90. The summed E-state index contributed by atoms with van der Waals surface area (Å²) < 4.78 is 8.09. The molecule has 0 amide bonds. The molecule has 1 aliphatic carbocycles. The fourth-order valence-electron chi connectivity index (χ4n) is 3.57. The smallest absolute Gasteiger partial charge is 0.191 e. The molecule has 0 unspecified atom stereocenters. The highest BCUT2D eigenvalue weighted by molar-refractivity contribution is 7.98. The SMILES string of the molecule is C=CCn1c(COc2ccc3c(c2)CCCC3)nnc1SCc1ccc(Cl)c(Cl)c1. The van der Waals surface area contributed by atoms with E-state index in [9.17, 15) is 0 Å². The van der Waals surface area contributed by atoms with Crippen molar-refractivity contribution < 1.29 is 4.74 Å². The van der Waals surface area contributed by atoms with E-state index >= 15 is 0 Å². The maximum atomic E-state index is 6.12. The first-order valence-corrected chi connectivity index (χ1v) is 11.7. The number of ether oxygens (including phenoxy) is 1. The van der Waals surface area contributed by atoms with E-state index < -0.39 is 0 Å². The van der Waals surface area contributed by atoms with Crippen molar-refractivity contribution in [1.29, 1.82) is 0 Å². The molecule has 156 valence electrons. The van der Waals surface area contributed by atoms with Crippen LogP contribution in [-0.4, -0.2) is 14.8 Å². The molecule has 4 rings (SSSR count). The van der Waals surface area contributed by atoms with Gasteiger partial charge in [0.25, 0.3) is 0 Å². The molecule has 0 spiro atoms. The number of allylic oxidation sites excluding steroid dienone is 1. The second-order valence-corrected chi connectivity index (χ2v) is 9.02. The number of fused-ring (bicyclic) bond motifs is 1. The van der Waals surface area contributed by atoms with Crippen LogP contribution in [0.15, 0.2) is 54.2 Å². The lowest BCUT2D eigenvalue weighted by atomic mass is 9.92. The van der Waals surface area contributed by atoms with Gasteiger partial charge in [0, 0.05) is 12.3 Å². The molecule has 3 aromatic rings. The van der Waals surface area contributed by atoms with Crippen LogP contribution in [0, 0.1) is 0 Å². The number of hydrogen-bond acceptors (Lipinski definition) is 4. The molecule has 1 aliphatic rings. The van der Waals surface area contributed by atoms with Gasteiger partial charge in [0.05, 0.1) is 10.0 Å². The van der Waals surface area contributed by atoms with Gasteiger partial charge in [-0.25, -0.2) is 0 Å². The number of rotatable bonds is 8. The van der Waals surface area contributed by atoms with E-state index in [1.165, 1.54) is 30.4 Å². The summed E-state index contributed by atoms with van der Waals surface area (Å²) in [4.78, 5) is 0. The molecule has 30 heavy (non-hydrogen) atoms. The number of hydrogen-bond donors (Lipinski definition) is 0. The number of benzene rings is 2. The van der Waals surface area contributed by atoms with Gasteiger partial charge in [-0.15, -0.1) is 16.8 Å². The monoisotopic (exact) mass is 459 g/mol. The molecule has 0 aliphatic heterocycles. The summed E-state index contributed by atoms with van der Waals surface area (Å²) in [5.74, 6) is 2.38. The molecular weight excluding hydrogens is 437 g/mol. The molecule has 1 heterocycles. The fourth-order valence-corrected chi connectivity index (χ4v) is 4.80. The molecule has 7 heteroatoms. The van der Waals surface area contributed by atoms with Gasteiger partial charge in [0.15, 0.2) is 11.0 Å². The van der Waals surface area contributed by atoms with Crippen LogP contribution in [0.5, 0.6) is 5.75 Å². The lowest BCUT2D eigenvalue weighted by molar-refractivity contribution is 0.288. The van der Waals surface area contributed by atoms with Crippen molar-refractivity contribution in [2.45, 2.75) is 49.7 Å². The molecule has 0 N–H and O–H groups in total.